The third-order valence-corrected chi connectivity index (χ3v) is 5.62. The van der Waals surface area contributed by atoms with Gasteiger partial charge in [-0.3, -0.25) is 9.59 Å². The molecule has 1 heterocycles. The third kappa shape index (κ3) is 4.12. The topological polar surface area (TPSA) is 83.6 Å². The summed E-state index contributed by atoms with van der Waals surface area (Å²) in [4.78, 5) is 25.5. The maximum atomic E-state index is 14.4. The molecule has 1 saturated heterocycles. The molecule has 0 spiro atoms. The molecule has 27 heavy (non-hydrogen) atoms. The van der Waals surface area contributed by atoms with E-state index in [9.17, 15) is 22.4 Å². The van der Waals surface area contributed by atoms with Crippen molar-refractivity contribution in [2.75, 3.05) is 23.0 Å². The Bertz CT molecular complexity index is 1040. The lowest BCUT2D eigenvalue weighted by Gasteiger charge is -2.17. The zero-order chi connectivity index (χ0) is 19.8. The van der Waals surface area contributed by atoms with Crippen LogP contribution in [0.5, 0.6) is 0 Å². The van der Waals surface area contributed by atoms with Crippen LogP contribution in [-0.2, 0) is 14.6 Å². The molecule has 0 aliphatic carbocycles. The highest BCUT2D eigenvalue weighted by atomic mass is 35.5. The van der Waals surface area contributed by atoms with Crippen molar-refractivity contribution in [2.45, 2.75) is 17.7 Å². The van der Waals surface area contributed by atoms with Crippen molar-refractivity contribution in [3.05, 3.63) is 52.8 Å². The summed E-state index contributed by atoms with van der Waals surface area (Å²) in [6.45, 7) is 0.454. The SMILES string of the molecule is CS(=O)(=O)c1ccc(Cl)c(C(=O)Nc2ccc(N3CCCC3=O)c(F)c2)c1. The van der Waals surface area contributed by atoms with E-state index in [2.05, 4.69) is 5.32 Å². The van der Waals surface area contributed by atoms with E-state index in [1.165, 1.54) is 35.2 Å². The van der Waals surface area contributed by atoms with Crippen LogP contribution >= 0.6 is 11.6 Å². The molecule has 0 unspecified atom stereocenters. The van der Waals surface area contributed by atoms with Gasteiger partial charge in [0.15, 0.2) is 9.84 Å². The number of sulfone groups is 1. The van der Waals surface area contributed by atoms with Gasteiger partial charge in [0.25, 0.3) is 5.91 Å². The van der Waals surface area contributed by atoms with Crippen molar-refractivity contribution in [1.29, 1.82) is 0 Å². The summed E-state index contributed by atoms with van der Waals surface area (Å²) < 4.78 is 37.7. The van der Waals surface area contributed by atoms with Crippen LogP contribution < -0.4 is 10.2 Å². The van der Waals surface area contributed by atoms with Gasteiger partial charge in [-0.1, -0.05) is 11.6 Å². The highest BCUT2D eigenvalue weighted by Crippen LogP contribution is 2.28. The van der Waals surface area contributed by atoms with E-state index >= 15 is 0 Å². The fourth-order valence-corrected chi connectivity index (χ4v) is 3.66. The van der Waals surface area contributed by atoms with Gasteiger partial charge in [-0.25, -0.2) is 12.8 Å². The molecule has 6 nitrogen and oxygen atoms in total. The Hall–Kier alpha value is -2.45. The zero-order valence-corrected chi connectivity index (χ0v) is 15.9. The highest BCUT2D eigenvalue weighted by molar-refractivity contribution is 7.90. The lowest BCUT2D eigenvalue weighted by Crippen LogP contribution is -2.24. The van der Waals surface area contributed by atoms with Crippen molar-refractivity contribution in [3.63, 3.8) is 0 Å². The minimum absolute atomic E-state index is 0.0428. The smallest absolute Gasteiger partial charge is 0.257 e. The standard InChI is InChI=1S/C18H16ClFN2O4S/c1-27(25,26)12-5-6-14(19)13(10-12)18(24)21-11-4-7-16(15(20)9-11)22-8-2-3-17(22)23/h4-7,9-10H,2-3,8H2,1H3,(H,21,24). The molecule has 0 saturated carbocycles. The average molecular weight is 411 g/mol. The molecule has 142 valence electrons. The number of nitrogens with zero attached hydrogens (tertiary/aromatic N) is 1. The molecule has 0 bridgehead atoms. The molecule has 1 aliphatic heterocycles. The van der Waals surface area contributed by atoms with Crippen LogP contribution in [0.4, 0.5) is 15.8 Å². The third-order valence-electron chi connectivity index (χ3n) is 4.18. The van der Waals surface area contributed by atoms with Gasteiger partial charge in [0, 0.05) is 24.9 Å². The van der Waals surface area contributed by atoms with Crippen LogP contribution in [0.3, 0.4) is 0 Å². The van der Waals surface area contributed by atoms with Crippen LogP contribution in [0.25, 0.3) is 0 Å². The van der Waals surface area contributed by atoms with Crippen LogP contribution in [0.2, 0.25) is 5.02 Å². The van der Waals surface area contributed by atoms with Gasteiger partial charge in [0.05, 0.1) is 21.2 Å². The van der Waals surface area contributed by atoms with Gasteiger partial charge in [-0.05, 0) is 42.8 Å². The first-order valence-electron chi connectivity index (χ1n) is 8.07. The van der Waals surface area contributed by atoms with Gasteiger partial charge in [0.2, 0.25) is 5.91 Å². The molecule has 0 atom stereocenters. The monoisotopic (exact) mass is 410 g/mol. The van der Waals surface area contributed by atoms with E-state index in [0.29, 0.717) is 19.4 Å². The van der Waals surface area contributed by atoms with Gasteiger partial charge in [-0.15, -0.1) is 0 Å². The lowest BCUT2D eigenvalue weighted by molar-refractivity contribution is -0.117. The number of hydrogen-bond acceptors (Lipinski definition) is 4. The second kappa shape index (κ2) is 7.28. The fourth-order valence-electron chi connectivity index (χ4n) is 2.81. The zero-order valence-electron chi connectivity index (χ0n) is 14.3. The molecule has 3 rings (SSSR count). The van der Waals surface area contributed by atoms with Gasteiger partial charge < -0.3 is 10.2 Å². The summed E-state index contributed by atoms with van der Waals surface area (Å²) in [5.74, 6) is -1.45. The number of benzene rings is 2. The molecule has 1 fully saturated rings. The Labute approximate surface area is 160 Å². The number of nitrogens with one attached hydrogen (secondary N) is 1. The van der Waals surface area contributed by atoms with E-state index in [1.807, 2.05) is 0 Å². The number of rotatable bonds is 4. The number of anilines is 2. The van der Waals surface area contributed by atoms with Crippen LogP contribution in [-0.4, -0.2) is 33.0 Å². The molecule has 0 radical (unpaired) electrons. The van der Waals surface area contributed by atoms with Crippen molar-refractivity contribution in [1.82, 2.24) is 0 Å². The molecule has 0 aromatic heterocycles. The van der Waals surface area contributed by atoms with Crippen LogP contribution in [0.1, 0.15) is 23.2 Å². The molecule has 2 aromatic rings. The highest BCUT2D eigenvalue weighted by Gasteiger charge is 2.24. The normalized spacial score (nSPS) is 14.5. The molecule has 1 aliphatic rings. The Morgan fingerprint density at radius 2 is 1.96 bits per heavy atom. The minimum Gasteiger partial charge on any atom is -0.322 e. The van der Waals surface area contributed by atoms with Gasteiger partial charge in [-0.2, -0.15) is 0 Å². The first-order chi connectivity index (χ1) is 12.7. The summed E-state index contributed by atoms with van der Waals surface area (Å²) in [7, 11) is -3.51. The number of hydrogen-bond donors (Lipinski definition) is 1. The second-order valence-corrected chi connectivity index (χ2v) is 8.61. The van der Waals surface area contributed by atoms with Gasteiger partial charge >= 0.3 is 0 Å². The summed E-state index contributed by atoms with van der Waals surface area (Å²) in [6, 6.07) is 7.78. The summed E-state index contributed by atoms with van der Waals surface area (Å²) in [5, 5.41) is 2.56. The van der Waals surface area contributed by atoms with E-state index in [4.69, 9.17) is 11.6 Å². The lowest BCUT2D eigenvalue weighted by atomic mass is 10.2. The average Bonchev–Trinajstić information content (AvgIpc) is 3.00. The maximum absolute atomic E-state index is 14.4. The summed E-state index contributed by atoms with van der Waals surface area (Å²) in [5.41, 5.74) is 0.278. The quantitative estimate of drug-likeness (QED) is 0.838. The molecular formula is C18H16ClFN2O4S. The van der Waals surface area contributed by atoms with Crippen LogP contribution in [0, 0.1) is 5.82 Å². The van der Waals surface area contributed by atoms with Crippen molar-refractivity contribution < 1.29 is 22.4 Å². The van der Waals surface area contributed by atoms with E-state index < -0.39 is 21.6 Å². The fraction of sp³-hybridized carbons (Fsp3) is 0.222. The molecular weight excluding hydrogens is 395 g/mol. The van der Waals surface area contributed by atoms with Crippen LogP contribution in [0.15, 0.2) is 41.3 Å². The van der Waals surface area contributed by atoms with Crippen molar-refractivity contribution in [2.24, 2.45) is 0 Å². The molecule has 9 heteroatoms. The largest absolute Gasteiger partial charge is 0.322 e. The number of amides is 2. The van der Waals surface area contributed by atoms with E-state index in [1.54, 1.807) is 0 Å². The van der Waals surface area contributed by atoms with Crippen molar-refractivity contribution in [3.8, 4) is 0 Å². The van der Waals surface area contributed by atoms with Crippen molar-refractivity contribution >= 4 is 44.6 Å². The Balaban J connectivity index is 1.84. The maximum Gasteiger partial charge on any atom is 0.257 e. The van der Waals surface area contributed by atoms with E-state index in [-0.39, 0.29) is 32.8 Å². The Morgan fingerprint density at radius 3 is 2.56 bits per heavy atom. The Kier molecular flexibility index (Phi) is 5.21. The molecule has 1 N–H and O–H groups in total. The van der Waals surface area contributed by atoms with Gasteiger partial charge in [0.1, 0.15) is 5.82 Å². The summed E-state index contributed by atoms with van der Waals surface area (Å²) >= 11 is 5.99. The summed E-state index contributed by atoms with van der Waals surface area (Å²) in [6.07, 6.45) is 2.07. The molecule has 2 aromatic carbocycles. The first-order valence-corrected chi connectivity index (χ1v) is 10.3. The Morgan fingerprint density at radius 1 is 1.22 bits per heavy atom. The predicted octanol–water partition coefficient (Wildman–Crippen LogP) is 3.26. The van der Waals surface area contributed by atoms with E-state index in [0.717, 1.165) is 12.3 Å². The second-order valence-electron chi connectivity index (χ2n) is 6.18. The number of carbonyl (C=O) groups excluding carboxylic acids is 2. The number of halogens is 2. The minimum atomic E-state index is -3.51. The predicted molar refractivity (Wildman–Crippen MR) is 101 cm³/mol. The number of carbonyl (C=O) groups is 2. The molecule has 2 amide bonds. The first kappa shape index (κ1) is 19.3.